The van der Waals surface area contributed by atoms with E-state index in [2.05, 4.69) is 15.3 Å². The molecular weight excluding hydrogens is 386 g/mol. The van der Waals surface area contributed by atoms with Gasteiger partial charge in [-0.05, 0) is 52.3 Å². The maximum Gasteiger partial charge on any atom is 0.295 e. The zero-order valence-electron chi connectivity index (χ0n) is 17.5. The van der Waals surface area contributed by atoms with Crippen molar-refractivity contribution in [3.8, 4) is 5.69 Å². The molecule has 1 amide bonds. The predicted octanol–water partition coefficient (Wildman–Crippen LogP) is 3.32. The summed E-state index contributed by atoms with van der Waals surface area (Å²) in [4.78, 5) is 34.6. The number of hydrogen-bond acceptors (Lipinski definition) is 5. The minimum absolute atomic E-state index is 0.263. The fraction of sp³-hybridized carbons (Fsp3) is 0.333. The van der Waals surface area contributed by atoms with Gasteiger partial charge in [0.05, 0.1) is 16.6 Å². The second-order valence-corrected chi connectivity index (χ2v) is 8.30. The normalized spacial score (nSPS) is 12.1. The molecule has 0 saturated heterocycles. The van der Waals surface area contributed by atoms with Gasteiger partial charge in [0.25, 0.3) is 5.56 Å². The van der Waals surface area contributed by atoms with E-state index in [1.807, 2.05) is 58.0 Å². The molecule has 0 aliphatic rings. The van der Waals surface area contributed by atoms with Crippen LogP contribution in [0.2, 0.25) is 0 Å². The van der Waals surface area contributed by atoms with Crippen molar-refractivity contribution >= 4 is 23.4 Å². The third-order valence-electron chi connectivity index (χ3n) is 5.07. The molecule has 152 valence electrons. The van der Waals surface area contributed by atoms with Crippen LogP contribution < -0.4 is 10.9 Å². The zero-order valence-corrected chi connectivity index (χ0v) is 18.3. The summed E-state index contributed by atoms with van der Waals surface area (Å²) in [6, 6.07) is 9.33. The van der Waals surface area contributed by atoms with Gasteiger partial charge in [0, 0.05) is 18.4 Å². The summed E-state index contributed by atoms with van der Waals surface area (Å²) in [5.74, 6) is -0.263. The van der Waals surface area contributed by atoms with Gasteiger partial charge >= 0.3 is 0 Å². The first-order chi connectivity index (χ1) is 13.7. The highest BCUT2D eigenvalue weighted by molar-refractivity contribution is 8.00. The highest BCUT2D eigenvalue weighted by Gasteiger charge is 2.22. The molecule has 1 N–H and O–H groups in total. The van der Waals surface area contributed by atoms with E-state index in [4.69, 9.17) is 0 Å². The lowest BCUT2D eigenvalue weighted by Gasteiger charge is -2.12. The van der Waals surface area contributed by atoms with Gasteiger partial charge in [0.1, 0.15) is 5.69 Å². The van der Waals surface area contributed by atoms with Crippen molar-refractivity contribution in [3.63, 3.8) is 0 Å². The number of nitrogens with zero attached hydrogens (tertiary/aromatic N) is 4. The van der Waals surface area contributed by atoms with E-state index in [0.717, 1.165) is 22.6 Å². The van der Waals surface area contributed by atoms with Gasteiger partial charge in [0.2, 0.25) is 5.91 Å². The topological polar surface area (TPSA) is 81.8 Å². The molecule has 1 atom stereocenters. The zero-order chi connectivity index (χ0) is 21.3. The highest BCUT2D eigenvalue weighted by atomic mass is 32.2. The van der Waals surface area contributed by atoms with Crippen molar-refractivity contribution in [2.45, 2.75) is 45.0 Å². The molecular formula is C21H25N5O2S. The summed E-state index contributed by atoms with van der Waals surface area (Å²) in [7, 11) is 1.79. The number of rotatable bonds is 5. The lowest BCUT2D eigenvalue weighted by Crippen LogP contribution is -2.27. The standard InChI is InChI=1S/C21H25N5O2S/c1-12-13(2)22-21(23-14(12)3)29-16(5)19(27)24-18-15(4)25(6)26(20(18)28)17-10-8-7-9-11-17/h7-11,16H,1-6H3,(H,24,27). The molecule has 2 heterocycles. The summed E-state index contributed by atoms with van der Waals surface area (Å²) in [6.07, 6.45) is 0. The Morgan fingerprint density at radius 2 is 1.66 bits per heavy atom. The van der Waals surface area contributed by atoms with E-state index < -0.39 is 5.25 Å². The molecule has 2 aromatic heterocycles. The quantitative estimate of drug-likeness (QED) is 0.514. The van der Waals surface area contributed by atoms with Crippen LogP contribution in [0.1, 0.15) is 29.6 Å². The average molecular weight is 412 g/mol. The number of hydrogen-bond donors (Lipinski definition) is 1. The second-order valence-electron chi connectivity index (χ2n) is 6.99. The fourth-order valence-corrected chi connectivity index (χ4v) is 3.80. The first-order valence-corrected chi connectivity index (χ1v) is 10.2. The number of para-hydroxylation sites is 1. The van der Waals surface area contributed by atoms with Crippen molar-refractivity contribution in [1.29, 1.82) is 0 Å². The number of thioether (sulfide) groups is 1. The first kappa shape index (κ1) is 20.9. The minimum Gasteiger partial charge on any atom is -0.319 e. The SMILES string of the molecule is Cc1nc(SC(C)C(=O)Nc2c(C)n(C)n(-c3ccccc3)c2=O)nc(C)c1C. The number of aromatic nitrogens is 4. The van der Waals surface area contributed by atoms with Gasteiger partial charge in [-0.3, -0.25) is 14.3 Å². The number of carbonyl (C=O) groups excluding carboxylic acids is 1. The van der Waals surface area contributed by atoms with Crippen LogP contribution >= 0.6 is 11.8 Å². The Morgan fingerprint density at radius 3 is 2.24 bits per heavy atom. The molecule has 29 heavy (non-hydrogen) atoms. The van der Waals surface area contributed by atoms with Crippen LogP contribution in [0.3, 0.4) is 0 Å². The first-order valence-electron chi connectivity index (χ1n) is 9.34. The average Bonchev–Trinajstić information content (AvgIpc) is 2.90. The fourth-order valence-electron chi connectivity index (χ4n) is 2.94. The summed E-state index contributed by atoms with van der Waals surface area (Å²) < 4.78 is 3.28. The van der Waals surface area contributed by atoms with E-state index in [-0.39, 0.29) is 17.2 Å². The molecule has 0 bridgehead atoms. The van der Waals surface area contributed by atoms with Gasteiger partial charge in [-0.1, -0.05) is 30.0 Å². The van der Waals surface area contributed by atoms with Crippen LogP contribution in [0, 0.1) is 27.7 Å². The van der Waals surface area contributed by atoms with Crippen LogP contribution in [-0.4, -0.2) is 30.5 Å². The Morgan fingerprint density at radius 1 is 1.07 bits per heavy atom. The Kier molecular flexibility index (Phi) is 5.93. The summed E-state index contributed by atoms with van der Waals surface area (Å²) in [5, 5.41) is 2.90. The maximum atomic E-state index is 13.0. The van der Waals surface area contributed by atoms with Gasteiger partial charge < -0.3 is 5.32 Å². The van der Waals surface area contributed by atoms with Crippen molar-refractivity contribution in [2.24, 2.45) is 7.05 Å². The number of carbonyl (C=O) groups is 1. The molecule has 0 aliphatic carbocycles. The number of amides is 1. The molecule has 0 spiro atoms. The third kappa shape index (κ3) is 4.12. The second kappa shape index (κ2) is 8.24. The lowest BCUT2D eigenvalue weighted by molar-refractivity contribution is -0.115. The van der Waals surface area contributed by atoms with Gasteiger partial charge in [-0.2, -0.15) is 0 Å². The van der Waals surface area contributed by atoms with Crippen molar-refractivity contribution < 1.29 is 4.79 Å². The molecule has 1 unspecified atom stereocenters. The van der Waals surface area contributed by atoms with Gasteiger partial charge in [-0.25, -0.2) is 14.6 Å². The molecule has 3 rings (SSSR count). The summed E-state index contributed by atoms with van der Waals surface area (Å²) in [6.45, 7) is 9.42. The van der Waals surface area contributed by atoms with Crippen LogP contribution in [0.5, 0.6) is 0 Å². The maximum absolute atomic E-state index is 13.0. The van der Waals surface area contributed by atoms with E-state index in [9.17, 15) is 9.59 Å². The predicted molar refractivity (Wildman–Crippen MR) is 116 cm³/mol. The van der Waals surface area contributed by atoms with Gasteiger partial charge in [-0.15, -0.1) is 0 Å². The molecule has 0 radical (unpaired) electrons. The molecule has 0 fully saturated rings. The number of benzene rings is 1. The lowest BCUT2D eigenvalue weighted by atomic mass is 10.2. The molecule has 0 aliphatic heterocycles. The molecule has 8 heteroatoms. The molecule has 7 nitrogen and oxygen atoms in total. The van der Waals surface area contributed by atoms with Crippen LogP contribution in [0.25, 0.3) is 5.69 Å². The van der Waals surface area contributed by atoms with Crippen LogP contribution in [0.4, 0.5) is 5.69 Å². The smallest absolute Gasteiger partial charge is 0.295 e. The van der Waals surface area contributed by atoms with Crippen LogP contribution in [0.15, 0.2) is 40.3 Å². The van der Waals surface area contributed by atoms with Crippen LogP contribution in [-0.2, 0) is 11.8 Å². The monoisotopic (exact) mass is 411 g/mol. The largest absolute Gasteiger partial charge is 0.319 e. The van der Waals surface area contributed by atoms with E-state index in [1.165, 1.54) is 11.8 Å². The molecule has 1 aromatic carbocycles. The van der Waals surface area contributed by atoms with Crippen molar-refractivity contribution in [1.82, 2.24) is 19.3 Å². The highest BCUT2D eigenvalue weighted by Crippen LogP contribution is 2.23. The van der Waals surface area contributed by atoms with E-state index >= 15 is 0 Å². The van der Waals surface area contributed by atoms with Gasteiger partial charge in [0.15, 0.2) is 5.16 Å². The van der Waals surface area contributed by atoms with E-state index in [0.29, 0.717) is 10.9 Å². The minimum atomic E-state index is -0.458. The number of nitrogens with one attached hydrogen (secondary N) is 1. The molecule has 0 saturated carbocycles. The number of aryl methyl sites for hydroxylation is 2. The summed E-state index contributed by atoms with van der Waals surface area (Å²) >= 11 is 1.28. The number of anilines is 1. The van der Waals surface area contributed by atoms with Crippen molar-refractivity contribution in [3.05, 3.63) is 63.3 Å². The Bertz CT molecular complexity index is 1100. The Hall–Kier alpha value is -2.87. The summed E-state index contributed by atoms with van der Waals surface area (Å²) in [5.41, 5.74) is 4.29. The molecule has 3 aromatic rings. The van der Waals surface area contributed by atoms with Crippen molar-refractivity contribution in [2.75, 3.05) is 5.32 Å². The Balaban J connectivity index is 1.83. The third-order valence-corrected chi connectivity index (χ3v) is 6.03. The Labute approximate surface area is 174 Å². The van der Waals surface area contributed by atoms with E-state index in [1.54, 1.807) is 23.3 Å².